The minimum absolute atomic E-state index is 0.183. The van der Waals surface area contributed by atoms with Crippen LogP contribution in [0.2, 0.25) is 0 Å². The summed E-state index contributed by atoms with van der Waals surface area (Å²) in [5.74, 6) is 0.465. The van der Waals surface area contributed by atoms with Gasteiger partial charge in [-0.25, -0.2) is 0 Å². The molecule has 7 heteroatoms. The summed E-state index contributed by atoms with van der Waals surface area (Å²) in [5, 5.41) is 18.1. The molecule has 1 aromatic carbocycles. The lowest BCUT2D eigenvalue weighted by molar-refractivity contribution is 0.349. The highest BCUT2D eigenvalue weighted by molar-refractivity contribution is 9.10. The first-order chi connectivity index (χ1) is 7.65. The zero-order valence-electron chi connectivity index (χ0n) is 7.83. The molecule has 2 aromatic rings. The highest BCUT2D eigenvalue weighted by Gasteiger charge is 2.08. The first kappa shape index (κ1) is 10.6. The summed E-state index contributed by atoms with van der Waals surface area (Å²) in [4.78, 5) is 10.2. The molecule has 0 aliphatic carbocycles. The Bertz CT molecular complexity index is 501. The van der Waals surface area contributed by atoms with Crippen LogP contribution in [-0.4, -0.2) is 25.2 Å². The van der Waals surface area contributed by atoms with E-state index in [0.29, 0.717) is 10.2 Å². The second-order valence-electron chi connectivity index (χ2n) is 2.75. The quantitative estimate of drug-likeness (QED) is 0.874. The predicted molar refractivity (Wildman–Crippen MR) is 57.4 cm³/mol. The van der Waals surface area contributed by atoms with Gasteiger partial charge in [0.1, 0.15) is 5.75 Å². The van der Waals surface area contributed by atoms with E-state index in [2.05, 4.69) is 30.9 Å². The first-order valence-electron chi connectivity index (χ1n) is 4.21. The lowest BCUT2D eigenvalue weighted by atomic mass is 10.3. The summed E-state index contributed by atoms with van der Waals surface area (Å²) in [6.45, 7) is 0. The molecule has 6 nitrogen and oxygen atoms in total. The number of rotatable bonds is 2. The highest BCUT2D eigenvalue weighted by Crippen LogP contribution is 2.28. The molecule has 2 rings (SSSR count). The Kier molecular flexibility index (Phi) is 2.86. The molecule has 0 unspecified atom stereocenters. The molecule has 0 saturated carbocycles. The monoisotopic (exact) mass is 283 g/mol. The highest BCUT2D eigenvalue weighted by atomic mass is 79.9. The fraction of sp³-hybridized carbons (Fsp3) is 0. The molecule has 0 atom stereocenters. The molecule has 0 saturated heterocycles. The maximum atomic E-state index is 9.03. The van der Waals surface area contributed by atoms with Crippen molar-refractivity contribution < 1.29 is 14.9 Å². The minimum atomic E-state index is -0.602. The van der Waals surface area contributed by atoms with Crippen molar-refractivity contribution in [2.24, 2.45) is 0 Å². The summed E-state index contributed by atoms with van der Waals surface area (Å²) >= 11 is 3.27. The molecule has 1 aromatic heterocycles. The van der Waals surface area contributed by atoms with E-state index in [1.54, 1.807) is 18.2 Å². The lowest BCUT2D eigenvalue weighted by Crippen LogP contribution is -1.94. The summed E-state index contributed by atoms with van der Waals surface area (Å²) < 4.78 is 5.94. The number of ether oxygens (including phenoxy) is 1. The molecule has 2 N–H and O–H groups in total. The van der Waals surface area contributed by atoms with Crippen LogP contribution in [-0.2, 0) is 0 Å². The number of hydrogen-bond donors (Lipinski definition) is 2. The standard InChI is InChI=1S/C9H6BrN3O3/c10-5-3-1-2-4-6(5)16-9-12-7(14)11-8(15)13-9/h1-4H,(H2,11,12,13,14,15). The van der Waals surface area contributed by atoms with Crippen LogP contribution in [0.15, 0.2) is 28.7 Å². The number of para-hydroxylation sites is 1. The van der Waals surface area contributed by atoms with Gasteiger partial charge in [0.2, 0.25) is 0 Å². The van der Waals surface area contributed by atoms with Crippen LogP contribution >= 0.6 is 15.9 Å². The molecule has 0 aliphatic heterocycles. The fourth-order valence-electron chi connectivity index (χ4n) is 1.01. The van der Waals surface area contributed by atoms with Crippen molar-refractivity contribution in [1.82, 2.24) is 15.0 Å². The van der Waals surface area contributed by atoms with E-state index in [1.807, 2.05) is 6.07 Å². The van der Waals surface area contributed by atoms with Gasteiger partial charge in [-0.3, -0.25) is 0 Å². The van der Waals surface area contributed by atoms with Crippen molar-refractivity contribution in [1.29, 1.82) is 0 Å². The number of nitrogens with zero attached hydrogens (tertiary/aromatic N) is 3. The largest absolute Gasteiger partial charge is 0.479 e. The third-order valence-corrected chi connectivity index (χ3v) is 2.28. The third-order valence-electron chi connectivity index (χ3n) is 1.63. The third kappa shape index (κ3) is 2.37. The van der Waals surface area contributed by atoms with Crippen LogP contribution in [0.1, 0.15) is 0 Å². The molecule has 0 radical (unpaired) electrons. The van der Waals surface area contributed by atoms with Gasteiger partial charge in [-0.1, -0.05) is 12.1 Å². The van der Waals surface area contributed by atoms with Crippen LogP contribution in [0.4, 0.5) is 0 Å². The van der Waals surface area contributed by atoms with Crippen LogP contribution in [0.5, 0.6) is 23.8 Å². The molecule has 16 heavy (non-hydrogen) atoms. The molecule has 0 amide bonds. The van der Waals surface area contributed by atoms with Crippen LogP contribution in [0.25, 0.3) is 0 Å². The van der Waals surface area contributed by atoms with Crippen molar-refractivity contribution >= 4 is 15.9 Å². The van der Waals surface area contributed by atoms with E-state index in [-0.39, 0.29) is 6.01 Å². The molecule has 1 heterocycles. The Morgan fingerprint density at radius 3 is 2.25 bits per heavy atom. The van der Waals surface area contributed by atoms with E-state index in [4.69, 9.17) is 14.9 Å². The van der Waals surface area contributed by atoms with Gasteiger partial charge in [-0.2, -0.15) is 0 Å². The van der Waals surface area contributed by atoms with Crippen LogP contribution in [0.3, 0.4) is 0 Å². The maximum absolute atomic E-state index is 9.03. The smallest absolute Gasteiger partial charge is 0.331 e. The summed E-state index contributed by atoms with van der Waals surface area (Å²) in [7, 11) is 0. The van der Waals surface area contributed by atoms with Crippen molar-refractivity contribution in [3.8, 4) is 23.8 Å². The first-order valence-corrected chi connectivity index (χ1v) is 5.01. The van der Waals surface area contributed by atoms with Crippen LogP contribution in [0, 0.1) is 0 Å². The molecule has 0 spiro atoms. The Morgan fingerprint density at radius 1 is 1.00 bits per heavy atom. The van der Waals surface area contributed by atoms with Crippen molar-refractivity contribution in [3.63, 3.8) is 0 Å². The second-order valence-corrected chi connectivity index (χ2v) is 3.60. The maximum Gasteiger partial charge on any atom is 0.331 e. The number of benzene rings is 1. The number of aromatic nitrogens is 3. The lowest BCUT2D eigenvalue weighted by Gasteiger charge is -2.05. The van der Waals surface area contributed by atoms with Crippen molar-refractivity contribution in [3.05, 3.63) is 28.7 Å². The molecule has 0 aliphatic rings. The van der Waals surface area contributed by atoms with Gasteiger partial charge in [-0.15, -0.1) is 15.0 Å². The fourth-order valence-corrected chi connectivity index (χ4v) is 1.37. The summed E-state index contributed by atoms with van der Waals surface area (Å²) in [5.41, 5.74) is 0. The van der Waals surface area contributed by atoms with Gasteiger partial charge in [0.25, 0.3) is 0 Å². The van der Waals surface area contributed by atoms with Gasteiger partial charge >= 0.3 is 18.0 Å². The van der Waals surface area contributed by atoms with E-state index in [1.165, 1.54) is 0 Å². The molecular formula is C9H6BrN3O3. The predicted octanol–water partition coefficient (Wildman–Crippen LogP) is 1.84. The Balaban J connectivity index is 2.30. The average Bonchev–Trinajstić information content (AvgIpc) is 2.20. The van der Waals surface area contributed by atoms with Gasteiger partial charge < -0.3 is 14.9 Å². The van der Waals surface area contributed by atoms with Gasteiger partial charge in [0.05, 0.1) is 4.47 Å². The van der Waals surface area contributed by atoms with E-state index in [9.17, 15) is 0 Å². The molecule has 0 fully saturated rings. The molecule has 82 valence electrons. The minimum Gasteiger partial charge on any atom is -0.479 e. The van der Waals surface area contributed by atoms with Crippen LogP contribution < -0.4 is 4.74 Å². The zero-order chi connectivity index (χ0) is 11.5. The van der Waals surface area contributed by atoms with Crippen molar-refractivity contribution in [2.75, 3.05) is 0 Å². The zero-order valence-corrected chi connectivity index (χ0v) is 9.42. The van der Waals surface area contributed by atoms with E-state index >= 15 is 0 Å². The van der Waals surface area contributed by atoms with E-state index < -0.39 is 12.0 Å². The van der Waals surface area contributed by atoms with E-state index in [0.717, 1.165) is 0 Å². The Labute approximate surface area is 98.7 Å². The number of hydrogen-bond acceptors (Lipinski definition) is 6. The normalized spacial score (nSPS) is 10.1. The average molecular weight is 284 g/mol. The Hall–Kier alpha value is -1.89. The summed E-state index contributed by atoms with van der Waals surface area (Å²) in [6, 6.07) is 5.65. The van der Waals surface area contributed by atoms with Gasteiger partial charge in [0, 0.05) is 0 Å². The second kappa shape index (κ2) is 4.31. The molecular weight excluding hydrogens is 278 g/mol. The SMILES string of the molecule is Oc1nc(O)nc(Oc2ccccc2Br)n1. The van der Waals surface area contributed by atoms with Crippen molar-refractivity contribution in [2.45, 2.75) is 0 Å². The molecule has 0 bridgehead atoms. The summed E-state index contributed by atoms with van der Waals surface area (Å²) in [6.07, 6.45) is 0. The van der Waals surface area contributed by atoms with Gasteiger partial charge in [0.15, 0.2) is 0 Å². The topological polar surface area (TPSA) is 88.4 Å². The number of halogens is 1. The Morgan fingerprint density at radius 2 is 1.62 bits per heavy atom. The van der Waals surface area contributed by atoms with Gasteiger partial charge in [-0.05, 0) is 28.1 Å². The number of aromatic hydroxyl groups is 2.